The molecule has 1 amide bonds. The molecule has 0 aromatic carbocycles. The van der Waals surface area contributed by atoms with E-state index >= 15 is 0 Å². The first-order chi connectivity index (χ1) is 9.56. The summed E-state index contributed by atoms with van der Waals surface area (Å²) in [6, 6.07) is 0. The number of hydrogen-bond donors (Lipinski definition) is 2. The fourth-order valence-corrected chi connectivity index (χ4v) is 5.76. The van der Waals surface area contributed by atoms with Gasteiger partial charge in [-0.1, -0.05) is 0 Å². The van der Waals surface area contributed by atoms with Crippen LogP contribution in [0.5, 0.6) is 0 Å². The molecule has 1 heterocycles. The van der Waals surface area contributed by atoms with E-state index in [-0.39, 0.29) is 11.4 Å². The van der Waals surface area contributed by atoms with Crippen molar-refractivity contribution in [2.24, 2.45) is 11.8 Å². The zero-order valence-corrected chi connectivity index (χ0v) is 12.2. The maximum absolute atomic E-state index is 12.2. The molecule has 4 bridgehead atoms. The molecular formula is C16H26N2O2. The molecule has 20 heavy (non-hydrogen) atoms. The topological polar surface area (TPSA) is 52.6 Å². The second-order valence-corrected chi connectivity index (χ2v) is 7.91. The quantitative estimate of drug-likeness (QED) is 0.818. The number of likely N-dealkylation sites (tertiary alicyclic amines) is 1. The molecule has 5 aliphatic rings. The van der Waals surface area contributed by atoms with Gasteiger partial charge < -0.3 is 15.3 Å². The normalized spacial score (nSPS) is 46.1. The van der Waals surface area contributed by atoms with Gasteiger partial charge in [0.05, 0.1) is 12.1 Å². The van der Waals surface area contributed by atoms with Crippen LogP contribution in [-0.4, -0.2) is 46.7 Å². The van der Waals surface area contributed by atoms with E-state index in [4.69, 9.17) is 0 Å². The van der Waals surface area contributed by atoms with E-state index in [9.17, 15) is 9.90 Å². The van der Waals surface area contributed by atoms with Gasteiger partial charge in [0.2, 0.25) is 5.91 Å². The average Bonchev–Trinajstić information content (AvgIpc) is 2.86. The second-order valence-electron chi connectivity index (χ2n) is 7.91. The summed E-state index contributed by atoms with van der Waals surface area (Å²) in [7, 11) is 0. The molecule has 1 aliphatic heterocycles. The summed E-state index contributed by atoms with van der Waals surface area (Å²) >= 11 is 0. The van der Waals surface area contributed by atoms with Gasteiger partial charge in [0, 0.05) is 18.6 Å². The molecule has 4 aliphatic carbocycles. The number of hydrogen-bond acceptors (Lipinski definition) is 3. The minimum absolute atomic E-state index is 0.0498. The zero-order valence-electron chi connectivity index (χ0n) is 12.2. The fraction of sp³-hybridized carbons (Fsp3) is 0.938. The van der Waals surface area contributed by atoms with E-state index in [1.54, 1.807) is 0 Å². The van der Waals surface area contributed by atoms with E-state index in [1.165, 1.54) is 19.3 Å². The van der Waals surface area contributed by atoms with Crippen LogP contribution in [-0.2, 0) is 4.79 Å². The standard InChI is InChI=1S/C16H26N2O2/c19-14(18-3-1-2-4-18)10-17-15-6-12-5-13(7-15)9-16(20,8-12)11-15/h12-13,17,20H,1-11H2. The smallest absolute Gasteiger partial charge is 0.236 e. The van der Waals surface area contributed by atoms with Crippen LogP contribution in [0, 0.1) is 11.8 Å². The lowest BCUT2D eigenvalue weighted by atomic mass is 9.51. The van der Waals surface area contributed by atoms with Crippen LogP contribution in [0.3, 0.4) is 0 Å². The van der Waals surface area contributed by atoms with Crippen LogP contribution < -0.4 is 5.32 Å². The highest BCUT2D eigenvalue weighted by atomic mass is 16.3. The van der Waals surface area contributed by atoms with Gasteiger partial charge in [-0.3, -0.25) is 4.79 Å². The Morgan fingerprint density at radius 2 is 1.80 bits per heavy atom. The average molecular weight is 278 g/mol. The van der Waals surface area contributed by atoms with Gasteiger partial charge in [0.15, 0.2) is 0 Å². The van der Waals surface area contributed by atoms with E-state index in [1.807, 2.05) is 4.90 Å². The van der Waals surface area contributed by atoms with Crippen LogP contribution in [0.15, 0.2) is 0 Å². The Morgan fingerprint density at radius 3 is 2.40 bits per heavy atom. The number of rotatable bonds is 3. The minimum Gasteiger partial charge on any atom is -0.390 e. The predicted molar refractivity (Wildman–Crippen MR) is 76.2 cm³/mol. The molecule has 1 saturated heterocycles. The van der Waals surface area contributed by atoms with E-state index in [0.717, 1.165) is 45.2 Å². The summed E-state index contributed by atoms with van der Waals surface area (Å²) in [4.78, 5) is 14.2. The SMILES string of the molecule is O=C(CNC12CC3CC(CC(O)(C3)C1)C2)N1CCCC1. The van der Waals surface area contributed by atoms with E-state index in [0.29, 0.717) is 18.4 Å². The molecule has 5 rings (SSSR count). The molecule has 4 nitrogen and oxygen atoms in total. The Hall–Kier alpha value is -0.610. The van der Waals surface area contributed by atoms with E-state index in [2.05, 4.69) is 5.32 Å². The molecule has 4 heteroatoms. The molecule has 5 fully saturated rings. The molecule has 0 aromatic heterocycles. The highest BCUT2D eigenvalue weighted by molar-refractivity contribution is 5.78. The number of carbonyl (C=O) groups is 1. The third kappa shape index (κ3) is 2.17. The van der Waals surface area contributed by atoms with Crippen molar-refractivity contribution in [3.8, 4) is 0 Å². The molecule has 0 spiro atoms. The zero-order chi connectivity index (χ0) is 13.8. The van der Waals surface area contributed by atoms with Crippen LogP contribution in [0.25, 0.3) is 0 Å². The molecule has 2 atom stereocenters. The molecule has 4 saturated carbocycles. The summed E-state index contributed by atoms with van der Waals surface area (Å²) < 4.78 is 0. The maximum atomic E-state index is 12.2. The third-order valence-electron chi connectivity index (χ3n) is 6.10. The van der Waals surface area contributed by atoms with Crippen molar-refractivity contribution in [3.63, 3.8) is 0 Å². The summed E-state index contributed by atoms with van der Waals surface area (Å²) in [6.45, 7) is 2.33. The van der Waals surface area contributed by atoms with Crippen molar-refractivity contribution in [1.82, 2.24) is 10.2 Å². The number of carbonyl (C=O) groups excluding carboxylic acids is 1. The number of amides is 1. The van der Waals surface area contributed by atoms with Gasteiger partial charge in [-0.25, -0.2) is 0 Å². The van der Waals surface area contributed by atoms with Crippen LogP contribution >= 0.6 is 0 Å². The van der Waals surface area contributed by atoms with Gasteiger partial charge >= 0.3 is 0 Å². The highest BCUT2D eigenvalue weighted by Crippen LogP contribution is 2.57. The number of nitrogens with zero attached hydrogens (tertiary/aromatic N) is 1. The number of aliphatic hydroxyl groups is 1. The molecule has 0 radical (unpaired) electrons. The first-order valence-corrected chi connectivity index (χ1v) is 8.31. The monoisotopic (exact) mass is 278 g/mol. The molecule has 112 valence electrons. The molecule has 2 N–H and O–H groups in total. The lowest BCUT2D eigenvalue weighted by molar-refractivity contribution is -0.146. The first kappa shape index (κ1) is 13.1. The van der Waals surface area contributed by atoms with Crippen molar-refractivity contribution in [2.75, 3.05) is 19.6 Å². The Kier molecular flexibility index (Phi) is 2.90. The van der Waals surface area contributed by atoms with Crippen LogP contribution in [0.1, 0.15) is 51.4 Å². The Labute approximate surface area is 120 Å². The van der Waals surface area contributed by atoms with Crippen molar-refractivity contribution < 1.29 is 9.90 Å². The second kappa shape index (κ2) is 4.44. The van der Waals surface area contributed by atoms with Gasteiger partial charge in [-0.05, 0) is 63.2 Å². The van der Waals surface area contributed by atoms with Crippen molar-refractivity contribution in [3.05, 3.63) is 0 Å². The molecule has 2 unspecified atom stereocenters. The summed E-state index contributed by atoms with van der Waals surface area (Å²) in [5.74, 6) is 1.61. The first-order valence-electron chi connectivity index (χ1n) is 8.31. The lowest BCUT2D eigenvalue weighted by Crippen LogP contribution is -2.65. The summed E-state index contributed by atoms with van der Waals surface area (Å²) in [5.41, 5.74) is -0.387. The minimum atomic E-state index is -0.437. The van der Waals surface area contributed by atoms with E-state index < -0.39 is 5.60 Å². The maximum Gasteiger partial charge on any atom is 0.236 e. The Balaban J connectivity index is 1.42. The van der Waals surface area contributed by atoms with Crippen molar-refractivity contribution in [1.29, 1.82) is 0 Å². The van der Waals surface area contributed by atoms with Gasteiger partial charge in [-0.15, -0.1) is 0 Å². The van der Waals surface area contributed by atoms with Crippen LogP contribution in [0.2, 0.25) is 0 Å². The Morgan fingerprint density at radius 1 is 1.15 bits per heavy atom. The van der Waals surface area contributed by atoms with Crippen LogP contribution in [0.4, 0.5) is 0 Å². The predicted octanol–water partition coefficient (Wildman–Crippen LogP) is 1.28. The van der Waals surface area contributed by atoms with Gasteiger partial charge in [0.1, 0.15) is 0 Å². The fourth-order valence-electron chi connectivity index (χ4n) is 5.76. The van der Waals surface area contributed by atoms with Gasteiger partial charge in [0.25, 0.3) is 0 Å². The van der Waals surface area contributed by atoms with Crippen molar-refractivity contribution >= 4 is 5.91 Å². The summed E-state index contributed by atoms with van der Waals surface area (Å²) in [6.07, 6.45) is 8.78. The Bertz CT molecular complexity index is 403. The van der Waals surface area contributed by atoms with Gasteiger partial charge in [-0.2, -0.15) is 0 Å². The lowest BCUT2D eigenvalue weighted by Gasteiger charge is -2.60. The van der Waals surface area contributed by atoms with Crippen molar-refractivity contribution in [2.45, 2.75) is 62.5 Å². The third-order valence-corrected chi connectivity index (χ3v) is 6.10. The molecule has 0 aromatic rings. The largest absolute Gasteiger partial charge is 0.390 e. The summed E-state index contributed by atoms with van der Waals surface area (Å²) in [5, 5.41) is 14.3. The highest BCUT2D eigenvalue weighted by Gasteiger charge is 2.57. The number of nitrogens with one attached hydrogen (secondary N) is 1. The molecular weight excluding hydrogens is 252 g/mol.